The van der Waals surface area contributed by atoms with Crippen LogP contribution >= 0.6 is 0 Å². The molecule has 5 heteroatoms. The number of piperidine rings is 1. The van der Waals surface area contributed by atoms with Gasteiger partial charge in [0.1, 0.15) is 0 Å². The van der Waals surface area contributed by atoms with Crippen LogP contribution in [0.2, 0.25) is 0 Å². The molecule has 0 atom stereocenters. The molecule has 2 aliphatic rings. The molecule has 1 heterocycles. The van der Waals surface area contributed by atoms with Gasteiger partial charge >= 0.3 is 6.03 Å². The summed E-state index contributed by atoms with van der Waals surface area (Å²) in [7, 11) is 1.85. The van der Waals surface area contributed by atoms with Crippen molar-refractivity contribution >= 4 is 18.2 Å². The lowest BCUT2D eigenvalue weighted by atomic mass is 9.79. The number of carbonyl (C=O) groups excluding carboxylic acids is 2. The zero-order valence-corrected chi connectivity index (χ0v) is 17.9. The zero-order chi connectivity index (χ0) is 20.6. The lowest BCUT2D eigenvalue weighted by Crippen LogP contribution is -2.46. The molecule has 1 aliphatic heterocycles. The van der Waals surface area contributed by atoms with Gasteiger partial charge in [-0.2, -0.15) is 0 Å². The summed E-state index contributed by atoms with van der Waals surface area (Å²) in [6.07, 6.45) is 9.60. The predicted octanol–water partition coefficient (Wildman–Crippen LogP) is 4.87. The quantitative estimate of drug-likeness (QED) is 0.665. The van der Waals surface area contributed by atoms with Gasteiger partial charge in [0.05, 0.1) is 0 Å². The van der Waals surface area contributed by atoms with Crippen LogP contribution in [-0.4, -0.2) is 54.1 Å². The number of hydrogen-bond acceptors (Lipinski definition) is 2. The van der Waals surface area contributed by atoms with Crippen molar-refractivity contribution in [1.82, 2.24) is 9.80 Å². The van der Waals surface area contributed by atoms with E-state index >= 15 is 0 Å². The molecule has 1 saturated carbocycles. The number of carbonyl (C=O) groups is 2. The van der Waals surface area contributed by atoms with E-state index in [-0.39, 0.29) is 18.0 Å². The first-order valence-electron chi connectivity index (χ1n) is 11.2. The second-order valence-corrected chi connectivity index (χ2v) is 8.56. The van der Waals surface area contributed by atoms with Gasteiger partial charge in [0.25, 0.3) is 0 Å². The summed E-state index contributed by atoms with van der Waals surface area (Å²) in [4.78, 5) is 32.6. The van der Waals surface area contributed by atoms with Crippen LogP contribution in [0.3, 0.4) is 0 Å². The molecule has 0 bridgehead atoms. The van der Waals surface area contributed by atoms with Crippen molar-refractivity contribution in [3.63, 3.8) is 0 Å². The number of urea groups is 1. The zero-order valence-electron chi connectivity index (χ0n) is 17.9. The molecular weight excluding hydrogens is 362 g/mol. The smallest absolute Gasteiger partial charge is 0.343 e. The number of benzene rings is 1. The number of amides is 3. The molecular formula is C24H35N3O2. The first-order valence-corrected chi connectivity index (χ1v) is 11.2. The lowest BCUT2D eigenvalue weighted by molar-refractivity contribution is -0.132. The molecule has 1 aromatic rings. The van der Waals surface area contributed by atoms with E-state index in [9.17, 15) is 9.59 Å². The van der Waals surface area contributed by atoms with Gasteiger partial charge in [-0.05, 0) is 62.3 Å². The maximum Gasteiger partial charge on any atom is 0.343 e. The van der Waals surface area contributed by atoms with Crippen molar-refractivity contribution in [3.05, 3.63) is 35.9 Å². The average molecular weight is 398 g/mol. The van der Waals surface area contributed by atoms with Gasteiger partial charge < -0.3 is 9.80 Å². The molecule has 0 aromatic heterocycles. The molecule has 0 spiro atoms. The summed E-state index contributed by atoms with van der Waals surface area (Å²) in [5, 5.41) is 0. The normalized spacial score (nSPS) is 23.3. The van der Waals surface area contributed by atoms with Gasteiger partial charge in [-0.3, -0.25) is 4.79 Å². The van der Waals surface area contributed by atoms with E-state index in [2.05, 4.69) is 35.3 Å². The Hall–Kier alpha value is -2.17. The van der Waals surface area contributed by atoms with E-state index in [1.54, 1.807) is 4.90 Å². The Balaban J connectivity index is 1.42. The van der Waals surface area contributed by atoms with Gasteiger partial charge in [-0.25, -0.2) is 9.79 Å². The summed E-state index contributed by atoms with van der Waals surface area (Å²) >= 11 is 0. The Morgan fingerprint density at radius 2 is 1.72 bits per heavy atom. The van der Waals surface area contributed by atoms with Crippen LogP contribution < -0.4 is 0 Å². The second kappa shape index (κ2) is 10.6. The van der Waals surface area contributed by atoms with Crippen LogP contribution in [0.15, 0.2) is 35.3 Å². The van der Waals surface area contributed by atoms with E-state index in [0.717, 1.165) is 58.0 Å². The van der Waals surface area contributed by atoms with Crippen molar-refractivity contribution in [2.24, 2.45) is 10.9 Å². The standard InChI is InChI=1S/C24H35N3O2/c1-3-7-23(28)27-16-14-22(15-17-27)26(2)24(29)25-18-19-10-12-21(13-11-19)20-8-5-4-6-9-20/h4-6,8-9,18-19,21-22H,3,7,10-17H2,1-2H3. The van der Waals surface area contributed by atoms with E-state index in [4.69, 9.17) is 0 Å². The van der Waals surface area contributed by atoms with Crippen LogP contribution in [0.25, 0.3) is 0 Å². The van der Waals surface area contributed by atoms with Gasteiger partial charge in [0.2, 0.25) is 5.91 Å². The minimum absolute atomic E-state index is 0.145. The molecule has 29 heavy (non-hydrogen) atoms. The minimum atomic E-state index is -0.145. The Kier molecular flexibility index (Phi) is 7.84. The SMILES string of the molecule is CCCC(=O)N1CCC(N(C)C(=O)N=CC2CCC(c3ccccc3)CC2)CC1. The molecule has 1 saturated heterocycles. The lowest BCUT2D eigenvalue weighted by Gasteiger charge is -2.36. The van der Waals surface area contributed by atoms with Crippen LogP contribution in [0.1, 0.15) is 69.8 Å². The van der Waals surface area contributed by atoms with Crippen LogP contribution in [-0.2, 0) is 4.79 Å². The Bertz CT molecular complexity index is 687. The highest BCUT2D eigenvalue weighted by Gasteiger charge is 2.27. The first-order chi connectivity index (χ1) is 14.1. The monoisotopic (exact) mass is 397 g/mol. The summed E-state index contributed by atoms with van der Waals surface area (Å²) in [6.45, 7) is 3.52. The Morgan fingerprint density at radius 3 is 2.34 bits per heavy atom. The fourth-order valence-electron chi connectivity index (χ4n) is 4.62. The van der Waals surface area contributed by atoms with Crippen LogP contribution in [0.4, 0.5) is 4.79 Å². The van der Waals surface area contributed by atoms with Gasteiger partial charge in [0, 0.05) is 38.8 Å². The highest BCUT2D eigenvalue weighted by atomic mass is 16.2. The molecule has 2 fully saturated rings. The molecule has 1 aliphatic carbocycles. The fraction of sp³-hybridized carbons (Fsp3) is 0.625. The number of likely N-dealkylation sites (tertiary alicyclic amines) is 1. The summed E-state index contributed by atoms with van der Waals surface area (Å²) in [5.41, 5.74) is 1.43. The summed E-state index contributed by atoms with van der Waals surface area (Å²) < 4.78 is 0. The maximum atomic E-state index is 12.5. The van der Waals surface area contributed by atoms with E-state index in [1.807, 2.05) is 25.1 Å². The molecule has 158 valence electrons. The molecule has 1 aromatic carbocycles. The maximum absolute atomic E-state index is 12.5. The minimum Gasteiger partial charge on any atom is -0.343 e. The largest absolute Gasteiger partial charge is 0.343 e. The molecule has 0 unspecified atom stereocenters. The Labute approximate surface area is 175 Å². The van der Waals surface area contributed by atoms with E-state index < -0.39 is 0 Å². The second-order valence-electron chi connectivity index (χ2n) is 8.56. The van der Waals surface area contributed by atoms with Crippen molar-refractivity contribution in [2.75, 3.05) is 20.1 Å². The topological polar surface area (TPSA) is 53.0 Å². The molecule has 0 radical (unpaired) electrons. The predicted molar refractivity (Wildman–Crippen MR) is 117 cm³/mol. The molecule has 3 amide bonds. The highest BCUT2D eigenvalue weighted by molar-refractivity contribution is 5.84. The third-order valence-electron chi connectivity index (χ3n) is 6.57. The number of aliphatic imine (C=N–C) groups is 1. The van der Waals surface area contributed by atoms with Crippen molar-refractivity contribution in [1.29, 1.82) is 0 Å². The van der Waals surface area contributed by atoms with E-state index in [1.165, 1.54) is 5.56 Å². The number of nitrogens with zero attached hydrogens (tertiary/aromatic N) is 3. The Morgan fingerprint density at radius 1 is 1.07 bits per heavy atom. The van der Waals surface area contributed by atoms with Crippen molar-refractivity contribution < 1.29 is 9.59 Å². The van der Waals surface area contributed by atoms with Gasteiger partial charge in [-0.1, -0.05) is 37.3 Å². The average Bonchev–Trinajstić information content (AvgIpc) is 2.78. The molecule has 3 rings (SSSR count). The van der Waals surface area contributed by atoms with Crippen molar-refractivity contribution in [2.45, 2.75) is 70.3 Å². The molecule has 5 nitrogen and oxygen atoms in total. The summed E-state index contributed by atoms with van der Waals surface area (Å²) in [5.74, 6) is 1.28. The van der Waals surface area contributed by atoms with Crippen LogP contribution in [0.5, 0.6) is 0 Å². The van der Waals surface area contributed by atoms with Gasteiger partial charge in [0.15, 0.2) is 0 Å². The first kappa shape index (κ1) is 21.5. The highest BCUT2D eigenvalue weighted by Crippen LogP contribution is 2.35. The fourth-order valence-corrected chi connectivity index (χ4v) is 4.62. The van der Waals surface area contributed by atoms with Crippen LogP contribution in [0, 0.1) is 5.92 Å². The third kappa shape index (κ3) is 5.91. The van der Waals surface area contributed by atoms with E-state index in [0.29, 0.717) is 18.3 Å². The summed E-state index contributed by atoms with van der Waals surface area (Å²) in [6, 6.07) is 10.8. The third-order valence-corrected chi connectivity index (χ3v) is 6.57. The van der Waals surface area contributed by atoms with Crippen molar-refractivity contribution in [3.8, 4) is 0 Å². The number of rotatable bonds is 5. The number of hydrogen-bond donors (Lipinski definition) is 0. The molecule has 0 N–H and O–H groups in total. The van der Waals surface area contributed by atoms with Gasteiger partial charge in [-0.15, -0.1) is 0 Å².